The third-order valence-electron chi connectivity index (χ3n) is 2.89. The van der Waals surface area contributed by atoms with Gasteiger partial charge in [0.1, 0.15) is 0 Å². The molecule has 0 bridgehead atoms. The Morgan fingerprint density at radius 1 is 1.38 bits per heavy atom. The number of aromatic nitrogens is 1. The molecule has 0 radical (unpaired) electrons. The van der Waals surface area contributed by atoms with Crippen molar-refractivity contribution in [2.24, 2.45) is 5.73 Å². The summed E-state index contributed by atoms with van der Waals surface area (Å²) < 4.78 is 0. The highest BCUT2D eigenvalue weighted by atomic mass is 16.2. The first kappa shape index (κ1) is 11.1. The lowest BCUT2D eigenvalue weighted by Gasteiger charge is -2.20. The monoisotopic (exact) mass is 219 g/mol. The molecule has 4 heteroatoms. The topological polar surface area (TPSA) is 59.2 Å². The lowest BCUT2D eigenvalue weighted by molar-refractivity contribution is -0.118. The van der Waals surface area contributed by atoms with Gasteiger partial charge in [0.15, 0.2) is 0 Å². The quantitative estimate of drug-likeness (QED) is 0.819. The van der Waals surface area contributed by atoms with E-state index in [9.17, 15) is 4.79 Å². The average molecular weight is 219 g/mol. The van der Waals surface area contributed by atoms with Gasteiger partial charge in [0.25, 0.3) is 0 Å². The number of rotatable bonds is 2. The van der Waals surface area contributed by atoms with Crippen LogP contribution in [-0.2, 0) is 11.3 Å². The molecule has 1 aliphatic heterocycles. The molecule has 16 heavy (non-hydrogen) atoms. The Balaban J connectivity index is 2.23. The molecule has 1 saturated heterocycles. The van der Waals surface area contributed by atoms with Crippen molar-refractivity contribution < 1.29 is 4.79 Å². The van der Waals surface area contributed by atoms with E-state index in [2.05, 4.69) is 4.98 Å². The highest BCUT2D eigenvalue weighted by Crippen LogP contribution is 2.20. The summed E-state index contributed by atoms with van der Waals surface area (Å²) in [5.41, 5.74) is 7.31. The maximum Gasteiger partial charge on any atom is 0.226 e. The molecule has 1 aliphatic rings. The van der Waals surface area contributed by atoms with E-state index in [1.807, 2.05) is 17.0 Å². The summed E-state index contributed by atoms with van der Waals surface area (Å²) in [6.45, 7) is 1.22. The number of anilines is 1. The lowest BCUT2D eigenvalue weighted by atomic mass is 10.2. The molecule has 86 valence electrons. The first-order valence-electron chi connectivity index (χ1n) is 5.76. The number of nitrogens with zero attached hydrogens (tertiary/aromatic N) is 2. The predicted octanol–water partition coefficient (Wildman–Crippen LogP) is 1.45. The van der Waals surface area contributed by atoms with Gasteiger partial charge in [-0.05, 0) is 25.0 Å². The van der Waals surface area contributed by atoms with Gasteiger partial charge in [-0.25, -0.2) is 0 Å². The zero-order valence-electron chi connectivity index (χ0n) is 9.35. The van der Waals surface area contributed by atoms with E-state index in [0.717, 1.165) is 37.2 Å². The number of hydrogen-bond acceptors (Lipinski definition) is 3. The second-order valence-electron chi connectivity index (χ2n) is 4.07. The summed E-state index contributed by atoms with van der Waals surface area (Å²) in [6, 6.07) is 3.78. The number of carbonyl (C=O) groups is 1. The third kappa shape index (κ3) is 2.39. The molecule has 0 aromatic carbocycles. The lowest BCUT2D eigenvalue weighted by Crippen LogP contribution is -2.30. The summed E-state index contributed by atoms with van der Waals surface area (Å²) in [5.74, 6) is 0.215. The van der Waals surface area contributed by atoms with Gasteiger partial charge in [-0.3, -0.25) is 9.78 Å². The minimum absolute atomic E-state index is 0.215. The molecular formula is C12H17N3O. The van der Waals surface area contributed by atoms with Crippen molar-refractivity contribution in [1.29, 1.82) is 0 Å². The molecule has 2 N–H and O–H groups in total. The van der Waals surface area contributed by atoms with E-state index in [-0.39, 0.29) is 5.91 Å². The Morgan fingerprint density at radius 2 is 2.25 bits per heavy atom. The standard InChI is InChI=1S/C12H17N3O/c13-9-10-8-11(5-6-14-10)15-7-3-1-2-4-12(15)16/h5-6,8H,1-4,7,9,13H2. The molecule has 0 aliphatic carbocycles. The van der Waals surface area contributed by atoms with Gasteiger partial charge < -0.3 is 10.6 Å². The molecule has 1 aromatic rings. The Hall–Kier alpha value is -1.42. The Bertz CT molecular complexity index is 378. The zero-order valence-corrected chi connectivity index (χ0v) is 9.35. The van der Waals surface area contributed by atoms with E-state index < -0.39 is 0 Å². The van der Waals surface area contributed by atoms with Crippen LogP contribution >= 0.6 is 0 Å². The summed E-state index contributed by atoms with van der Waals surface area (Å²) in [7, 11) is 0. The van der Waals surface area contributed by atoms with Crippen LogP contribution in [0.25, 0.3) is 0 Å². The van der Waals surface area contributed by atoms with E-state index in [4.69, 9.17) is 5.73 Å². The first-order chi connectivity index (χ1) is 7.81. The summed E-state index contributed by atoms with van der Waals surface area (Å²) in [6.07, 6.45) is 5.59. The smallest absolute Gasteiger partial charge is 0.226 e. The zero-order chi connectivity index (χ0) is 11.4. The van der Waals surface area contributed by atoms with Crippen LogP contribution in [0.4, 0.5) is 5.69 Å². The van der Waals surface area contributed by atoms with Crippen LogP contribution in [0.5, 0.6) is 0 Å². The number of carbonyl (C=O) groups excluding carboxylic acids is 1. The van der Waals surface area contributed by atoms with Crippen LogP contribution in [-0.4, -0.2) is 17.4 Å². The Kier molecular flexibility index (Phi) is 3.51. The van der Waals surface area contributed by atoms with Crippen LogP contribution in [0.2, 0.25) is 0 Å². The molecule has 0 spiro atoms. The number of nitrogens with two attached hydrogens (primary N) is 1. The van der Waals surface area contributed by atoms with Crippen LogP contribution in [0, 0.1) is 0 Å². The predicted molar refractivity (Wildman–Crippen MR) is 62.9 cm³/mol. The van der Waals surface area contributed by atoms with Crippen molar-refractivity contribution in [2.45, 2.75) is 32.2 Å². The van der Waals surface area contributed by atoms with Crippen molar-refractivity contribution in [2.75, 3.05) is 11.4 Å². The van der Waals surface area contributed by atoms with Gasteiger partial charge in [0, 0.05) is 31.4 Å². The van der Waals surface area contributed by atoms with E-state index in [1.54, 1.807) is 6.20 Å². The maximum atomic E-state index is 11.9. The van der Waals surface area contributed by atoms with Gasteiger partial charge in [-0.1, -0.05) is 6.42 Å². The third-order valence-corrected chi connectivity index (χ3v) is 2.89. The fourth-order valence-electron chi connectivity index (χ4n) is 2.00. The number of hydrogen-bond donors (Lipinski definition) is 1. The molecule has 0 atom stereocenters. The molecule has 2 heterocycles. The summed E-state index contributed by atoms with van der Waals surface area (Å²) in [5, 5.41) is 0. The second kappa shape index (κ2) is 5.07. The SMILES string of the molecule is NCc1cc(N2CCCCCC2=O)ccn1. The van der Waals surface area contributed by atoms with Gasteiger partial charge in [0.05, 0.1) is 5.69 Å². The fraction of sp³-hybridized carbons (Fsp3) is 0.500. The number of amides is 1. The number of pyridine rings is 1. The van der Waals surface area contributed by atoms with Crippen molar-refractivity contribution >= 4 is 11.6 Å². The van der Waals surface area contributed by atoms with Gasteiger partial charge in [0.2, 0.25) is 5.91 Å². The van der Waals surface area contributed by atoms with Crippen LogP contribution in [0.3, 0.4) is 0 Å². The van der Waals surface area contributed by atoms with Gasteiger partial charge in [-0.15, -0.1) is 0 Å². The molecule has 2 rings (SSSR count). The molecular weight excluding hydrogens is 202 g/mol. The molecule has 0 unspecified atom stereocenters. The van der Waals surface area contributed by atoms with Gasteiger partial charge in [-0.2, -0.15) is 0 Å². The second-order valence-corrected chi connectivity index (χ2v) is 4.07. The minimum atomic E-state index is 0.215. The summed E-state index contributed by atoms with van der Waals surface area (Å²) in [4.78, 5) is 17.9. The van der Waals surface area contributed by atoms with Crippen molar-refractivity contribution in [3.63, 3.8) is 0 Å². The largest absolute Gasteiger partial charge is 0.325 e. The molecule has 1 fully saturated rings. The Morgan fingerprint density at radius 3 is 3.06 bits per heavy atom. The first-order valence-corrected chi connectivity index (χ1v) is 5.76. The normalized spacial score (nSPS) is 17.3. The highest BCUT2D eigenvalue weighted by molar-refractivity contribution is 5.93. The molecule has 1 aromatic heterocycles. The average Bonchev–Trinajstić information content (AvgIpc) is 2.54. The van der Waals surface area contributed by atoms with Crippen LogP contribution in [0.1, 0.15) is 31.4 Å². The Labute approximate surface area is 95.5 Å². The minimum Gasteiger partial charge on any atom is -0.325 e. The van der Waals surface area contributed by atoms with Crippen molar-refractivity contribution in [1.82, 2.24) is 4.98 Å². The molecule has 4 nitrogen and oxygen atoms in total. The summed E-state index contributed by atoms with van der Waals surface area (Å²) >= 11 is 0. The molecule has 1 amide bonds. The van der Waals surface area contributed by atoms with Gasteiger partial charge >= 0.3 is 0 Å². The van der Waals surface area contributed by atoms with Crippen molar-refractivity contribution in [3.05, 3.63) is 24.0 Å². The highest BCUT2D eigenvalue weighted by Gasteiger charge is 2.18. The van der Waals surface area contributed by atoms with E-state index in [0.29, 0.717) is 13.0 Å². The van der Waals surface area contributed by atoms with E-state index >= 15 is 0 Å². The molecule has 0 saturated carbocycles. The maximum absolute atomic E-state index is 11.9. The fourth-order valence-corrected chi connectivity index (χ4v) is 2.00. The van der Waals surface area contributed by atoms with Crippen molar-refractivity contribution in [3.8, 4) is 0 Å². The van der Waals surface area contributed by atoms with Crippen LogP contribution < -0.4 is 10.6 Å². The van der Waals surface area contributed by atoms with E-state index in [1.165, 1.54) is 0 Å². The van der Waals surface area contributed by atoms with Crippen LogP contribution in [0.15, 0.2) is 18.3 Å².